The fourth-order valence-corrected chi connectivity index (χ4v) is 3.96. The summed E-state index contributed by atoms with van der Waals surface area (Å²) in [6.07, 6.45) is -0.270. The van der Waals surface area contributed by atoms with E-state index in [4.69, 9.17) is 9.47 Å². The third-order valence-electron chi connectivity index (χ3n) is 4.72. The molecule has 0 unspecified atom stereocenters. The lowest BCUT2D eigenvalue weighted by atomic mass is 10.0. The molecule has 1 N–H and O–H groups in total. The first-order valence-electron chi connectivity index (χ1n) is 9.22. The van der Waals surface area contributed by atoms with Crippen molar-refractivity contribution in [3.05, 3.63) is 76.0 Å². The topological polar surface area (TPSA) is 50.8 Å². The van der Waals surface area contributed by atoms with E-state index in [0.29, 0.717) is 30.3 Å². The number of carbonyl (C=O) groups is 1. The number of nitrogens with zero attached hydrogens (tertiary/aromatic N) is 1. The van der Waals surface area contributed by atoms with Gasteiger partial charge in [0.1, 0.15) is 12.8 Å². The van der Waals surface area contributed by atoms with Crippen molar-refractivity contribution in [2.45, 2.75) is 19.7 Å². The van der Waals surface area contributed by atoms with E-state index < -0.39 is 0 Å². The van der Waals surface area contributed by atoms with Gasteiger partial charge in [0.05, 0.1) is 17.9 Å². The first kappa shape index (κ1) is 18.4. The summed E-state index contributed by atoms with van der Waals surface area (Å²) in [4.78, 5) is 15.8. The first-order valence-corrected chi connectivity index (χ1v) is 10.1. The Balaban J connectivity index is 1.61. The van der Waals surface area contributed by atoms with E-state index in [1.165, 1.54) is 0 Å². The van der Waals surface area contributed by atoms with Crippen LogP contribution in [-0.2, 0) is 6.61 Å². The van der Waals surface area contributed by atoms with E-state index in [0.717, 1.165) is 16.1 Å². The van der Waals surface area contributed by atoms with Gasteiger partial charge >= 0.3 is 0 Å². The van der Waals surface area contributed by atoms with Gasteiger partial charge < -0.3 is 19.7 Å². The molecule has 0 spiro atoms. The molecule has 0 bridgehead atoms. The predicted molar refractivity (Wildman–Crippen MR) is 111 cm³/mol. The molecule has 0 fully saturated rings. The van der Waals surface area contributed by atoms with Crippen molar-refractivity contribution < 1.29 is 14.3 Å². The van der Waals surface area contributed by atoms with Crippen LogP contribution in [-0.4, -0.2) is 19.6 Å². The molecule has 0 saturated heterocycles. The van der Waals surface area contributed by atoms with E-state index in [1.807, 2.05) is 73.9 Å². The van der Waals surface area contributed by atoms with Crippen LogP contribution in [0.5, 0.6) is 11.5 Å². The summed E-state index contributed by atoms with van der Waals surface area (Å²) in [5.41, 5.74) is 2.53. The lowest BCUT2D eigenvalue weighted by molar-refractivity contribution is 0.0928. The number of benzene rings is 2. The minimum absolute atomic E-state index is 0.0744. The number of nitrogens with one attached hydrogen (secondary N) is 1. The van der Waals surface area contributed by atoms with Crippen molar-refractivity contribution in [3.63, 3.8) is 0 Å². The molecule has 0 saturated carbocycles. The van der Waals surface area contributed by atoms with Crippen molar-refractivity contribution in [2.75, 3.05) is 18.6 Å². The highest BCUT2D eigenvalue weighted by Gasteiger charge is 2.29. The minimum Gasteiger partial charge on any atom is -0.490 e. The molecule has 2 aromatic carbocycles. The maximum Gasteiger partial charge on any atom is 0.255 e. The second kappa shape index (κ2) is 7.94. The number of fused-ring (bicyclic) bond motifs is 1. The highest BCUT2D eigenvalue weighted by molar-refractivity contribution is 7.09. The monoisotopic (exact) mass is 394 g/mol. The number of hydrogen-bond acceptors (Lipinski definition) is 5. The molecule has 1 aromatic heterocycles. The van der Waals surface area contributed by atoms with Gasteiger partial charge in [-0.05, 0) is 48.2 Å². The van der Waals surface area contributed by atoms with Crippen molar-refractivity contribution in [1.29, 1.82) is 0 Å². The average Bonchev–Trinajstić information content (AvgIpc) is 3.24. The first-order chi connectivity index (χ1) is 13.7. The molecule has 1 aliphatic heterocycles. The van der Waals surface area contributed by atoms with Crippen LogP contribution in [0.1, 0.15) is 33.9 Å². The second-order valence-corrected chi connectivity index (χ2v) is 7.54. The van der Waals surface area contributed by atoms with Crippen LogP contribution in [0.4, 0.5) is 5.69 Å². The highest BCUT2D eigenvalue weighted by atomic mass is 32.1. The Morgan fingerprint density at radius 3 is 2.71 bits per heavy atom. The van der Waals surface area contributed by atoms with Gasteiger partial charge in [-0.15, -0.1) is 11.3 Å². The zero-order valence-corrected chi connectivity index (χ0v) is 16.7. The molecule has 0 aliphatic carbocycles. The molecule has 4 rings (SSSR count). The lowest BCUT2D eigenvalue weighted by Crippen LogP contribution is -2.44. The molecule has 3 aromatic rings. The van der Waals surface area contributed by atoms with Crippen molar-refractivity contribution in [3.8, 4) is 11.5 Å². The van der Waals surface area contributed by atoms with Crippen LogP contribution in [0.2, 0.25) is 0 Å². The smallest absolute Gasteiger partial charge is 0.255 e. The number of para-hydroxylation sites is 1. The molecule has 28 heavy (non-hydrogen) atoms. The molecular formula is C22H22N2O3S. The third kappa shape index (κ3) is 3.55. The largest absolute Gasteiger partial charge is 0.490 e. The van der Waals surface area contributed by atoms with E-state index in [9.17, 15) is 4.79 Å². The zero-order valence-electron chi connectivity index (χ0n) is 15.8. The summed E-state index contributed by atoms with van der Waals surface area (Å²) in [5, 5.41) is 5.11. The van der Waals surface area contributed by atoms with Crippen LogP contribution < -0.4 is 19.7 Å². The van der Waals surface area contributed by atoms with Gasteiger partial charge in [0.2, 0.25) is 0 Å². The lowest BCUT2D eigenvalue weighted by Gasteiger charge is -2.36. The quantitative estimate of drug-likeness (QED) is 0.664. The number of ether oxygens (including phenoxy) is 2. The van der Waals surface area contributed by atoms with Crippen LogP contribution in [0.15, 0.2) is 60.0 Å². The molecular weight excluding hydrogens is 372 g/mol. The molecule has 1 amide bonds. The Hall–Kier alpha value is -2.99. The van der Waals surface area contributed by atoms with E-state index in [2.05, 4.69) is 10.2 Å². The van der Waals surface area contributed by atoms with Gasteiger partial charge in [-0.1, -0.05) is 24.3 Å². The number of hydrogen-bond donors (Lipinski definition) is 1. The summed E-state index contributed by atoms with van der Waals surface area (Å²) in [6, 6.07) is 17.5. The maximum absolute atomic E-state index is 12.5. The molecule has 2 heterocycles. The zero-order chi connectivity index (χ0) is 19.5. The molecule has 5 nitrogen and oxygen atoms in total. The third-order valence-corrected chi connectivity index (χ3v) is 5.57. The SMILES string of the molecule is CCOc1cc([C@@H]2NC(=O)c3ccccc3N2C)ccc1OCc1cccs1. The summed E-state index contributed by atoms with van der Waals surface area (Å²) >= 11 is 1.66. The Bertz CT molecular complexity index is 972. The van der Waals surface area contributed by atoms with Crippen LogP contribution in [0, 0.1) is 0 Å². The van der Waals surface area contributed by atoms with E-state index in [-0.39, 0.29) is 12.1 Å². The van der Waals surface area contributed by atoms with Crippen molar-refractivity contribution in [2.24, 2.45) is 0 Å². The summed E-state index contributed by atoms with van der Waals surface area (Å²) in [6.45, 7) is 2.99. The van der Waals surface area contributed by atoms with Gasteiger partial charge in [-0.2, -0.15) is 0 Å². The summed E-state index contributed by atoms with van der Waals surface area (Å²) < 4.78 is 11.8. The Morgan fingerprint density at radius 1 is 1.07 bits per heavy atom. The normalized spacial score (nSPS) is 15.7. The number of amides is 1. The van der Waals surface area contributed by atoms with Crippen LogP contribution >= 0.6 is 11.3 Å². The Kier molecular flexibility index (Phi) is 5.21. The van der Waals surface area contributed by atoms with Gasteiger partial charge in [0, 0.05) is 11.9 Å². The van der Waals surface area contributed by atoms with E-state index in [1.54, 1.807) is 11.3 Å². The number of rotatable bonds is 6. The van der Waals surface area contributed by atoms with Crippen LogP contribution in [0.25, 0.3) is 0 Å². The fraction of sp³-hybridized carbons (Fsp3) is 0.227. The minimum atomic E-state index is -0.270. The van der Waals surface area contributed by atoms with Crippen LogP contribution in [0.3, 0.4) is 0 Å². The summed E-state index contributed by atoms with van der Waals surface area (Å²) in [7, 11) is 1.98. The predicted octanol–water partition coefficient (Wildman–Crippen LogP) is 4.60. The maximum atomic E-state index is 12.5. The fourth-order valence-electron chi connectivity index (χ4n) is 3.34. The molecule has 0 radical (unpaired) electrons. The number of thiophene rings is 1. The van der Waals surface area contributed by atoms with Gasteiger partial charge in [-0.25, -0.2) is 0 Å². The molecule has 1 aliphatic rings. The highest BCUT2D eigenvalue weighted by Crippen LogP contribution is 2.36. The van der Waals surface area contributed by atoms with Gasteiger partial charge in [0.15, 0.2) is 11.5 Å². The molecule has 144 valence electrons. The number of anilines is 1. The second-order valence-electron chi connectivity index (χ2n) is 6.51. The van der Waals surface area contributed by atoms with Crippen molar-refractivity contribution in [1.82, 2.24) is 5.32 Å². The Morgan fingerprint density at radius 2 is 1.93 bits per heavy atom. The number of carbonyl (C=O) groups excluding carboxylic acids is 1. The molecule has 1 atom stereocenters. The molecule has 6 heteroatoms. The summed E-state index contributed by atoms with van der Waals surface area (Å²) in [5.74, 6) is 1.30. The van der Waals surface area contributed by atoms with Crippen molar-refractivity contribution >= 4 is 22.9 Å². The standard InChI is InChI=1S/C22H22N2O3S/c1-3-26-20-13-15(10-11-19(20)27-14-16-7-6-12-28-16)21-23-22(25)17-8-4-5-9-18(17)24(21)2/h4-13,21H,3,14H2,1-2H3,(H,23,25)/t21-/m1/s1. The van der Waals surface area contributed by atoms with Gasteiger partial charge in [-0.3, -0.25) is 4.79 Å². The van der Waals surface area contributed by atoms with Gasteiger partial charge in [0.25, 0.3) is 5.91 Å². The van der Waals surface area contributed by atoms with E-state index >= 15 is 0 Å². The average molecular weight is 394 g/mol. The Labute approximate surface area is 168 Å².